The van der Waals surface area contributed by atoms with Crippen LogP contribution in [0.4, 0.5) is 0 Å². The minimum atomic E-state index is -1.22. The summed E-state index contributed by atoms with van der Waals surface area (Å²) in [6.07, 6.45) is 4.69. The maximum atomic E-state index is 11.7. The maximum Gasteiger partial charge on any atom is 0.348 e. The number of benzene rings is 1. The van der Waals surface area contributed by atoms with E-state index in [1.54, 1.807) is 24.3 Å². The molecular formula is C15H13ClO4. The molecule has 1 aliphatic rings. The number of ether oxygens (including phenoxy) is 2. The van der Waals surface area contributed by atoms with E-state index in [2.05, 4.69) is 0 Å². The van der Waals surface area contributed by atoms with Crippen LogP contribution in [-0.2, 0) is 19.1 Å². The van der Waals surface area contributed by atoms with Crippen molar-refractivity contribution in [3.63, 3.8) is 0 Å². The Bertz CT molecular complexity index is 575. The van der Waals surface area contributed by atoms with E-state index >= 15 is 0 Å². The van der Waals surface area contributed by atoms with Gasteiger partial charge in [-0.1, -0.05) is 35.9 Å². The summed E-state index contributed by atoms with van der Waals surface area (Å²) in [7, 11) is 0. The molecule has 20 heavy (non-hydrogen) atoms. The molecule has 104 valence electrons. The summed E-state index contributed by atoms with van der Waals surface area (Å²) in [5.74, 6) is -2.59. The second kappa shape index (κ2) is 5.51. The number of hydrogen-bond donors (Lipinski definition) is 0. The molecule has 0 amide bonds. The normalized spacial score (nSPS) is 17.9. The Morgan fingerprint density at radius 2 is 1.60 bits per heavy atom. The van der Waals surface area contributed by atoms with Gasteiger partial charge in [-0.05, 0) is 23.8 Å². The molecule has 5 heteroatoms. The number of carbonyl (C=O) groups is 2. The lowest BCUT2D eigenvalue weighted by Crippen LogP contribution is -2.41. The zero-order valence-electron chi connectivity index (χ0n) is 11.1. The highest BCUT2D eigenvalue weighted by molar-refractivity contribution is 6.30. The van der Waals surface area contributed by atoms with Crippen molar-refractivity contribution in [1.29, 1.82) is 0 Å². The van der Waals surface area contributed by atoms with E-state index in [9.17, 15) is 9.59 Å². The van der Waals surface area contributed by atoms with Crippen LogP contribution in [0.3, 0.4) is 0 Å². The van der Waals surface area contributed by atoms with Gasteiger partial charge in [0.2, 0.25) is 0 Å². The standard InChI is InChI=1S/C15H13ClO4/c1-15(2)19-13(17)12(14(18)20-15)5-3-4-10-6-8-11(16)9-7-10/h3-9H,1-2H3/b4-3+. The molecule has 1 aromatic carbocycles. The van der Waals surface area contributed by atoms with Gasteiger partial charge in [-0.15, -0.1) is 0 Å². The molecule has 0 spiro atoms. The van der Waals surface area contributed by atoms with Gasteiger partial charge in [0.25, 0.3) is 5.79 Å². The number of allylic oxidation sites excluding steroid dienone is 2. The predicted octanol–water partition coefficient (Wildman–Crippen LogP) is 3.12. The summed E-state index contributed by atoms with van der Waals surface area (Å²) in [5, 5.41) is 0.641. The first-order chi connectivity index (χ1) is 9.37. The summed E-state index contributed by atoms with van der Waals surface area (Å²) in [4.78, 5) is 23.3. The van der Waals surface area contributed by atoms with Crippen molar-refractivity contribution in [3.8, 4) is 0 Å². The number of hydrogen-bond acceptors (Lipinski definition) is 4. The largest absolute Gasteiger partial charge is 0.419 e. The lowest BCUT2D eigenvalue weighted by atomic mass is 10.1. The van der Waals surface area contributed by atoms with Gasteiger partial charge in [0.15, 0.2) is 0 Å². The van der Waals surface area contributed by atoms with Crippen LogP contribution in [0.15, 0.2) is 42.0 Å². The molecule has 0 aliphatic carbocycles. The van der Waals surface area contributed by atoms with Crippen LogP contribution in [0.5, 0.6) is 0 Å². The monoisotopic (exact) mass is 292 g/mol. The first kappa shape index (κ1) is 14.3. The van der Waals surface area contributed by atoms with Crippen molar-refractivity contribution in [3.05, 3.63) is 52.6 Å². The quantitative estimate of drug-likeness (QED) is 0.477. The van der Waals surface area contributed by atoms with E-state index in [4.69, 9.17) is 21.1 Å². The Balaban J connectivity index is 2.13. The highest BCUT2D eigenvalue weighted by atomic mass is 35.5. The molecule has 1 aromatic rings. The number of carbonyl (C=O) groups excluding carboxylic acids is 2. The average molecular weight is 293 g/mol. The SMILES string of the molecule is CC1(C)OC(=O)C(=C/C=C/c2ccc(Cl)cc2)C(=O)O1. The summed E-state index contributed by atoms with van der Waals surface area (Å²) in [6, 6.07) is 7.13. The van der Waals surface area contributed by atoms with Crippen LogP contribution in [0.2, 0.25) is 5.02 Å². The molecule has 0 radical (unpaired) electrons. The van der Waals surface area contributed by atoms with E-state index in [0.29, 0.717) is 5.02 Å². The molecule has 1 fully saturated rings. The summed E-state index contributed by atoms with van der Waals surface area (Å²) in [6.45, 7) is 3.01. The molecule has 1 saturated heterocycles. The van der Waals surface area contributed by atoms with Crippen molar-refractivity contribution in [2.45, 2.75) is 19.6 Å². The smallest absolute Gasteiger partial charge is 0.348 e. The molecule has 0 unspecified atom stereocenters. The molecule has 0 saturated carbocycles. The highest BCUT2D eigenvalue weighted by Gasteiger charge is 2.38. The van der Waals surface area contributed by atoms with Crippen LogP contribution in [-0.4, -0.2) is 17.7 Å². The van der Waals surface area contributed by atoms with Gasteiger partial charge in [0.1, 0.15) is 5.57 Å². The van der Waals surface area contributed by atoms with Gasteiger partial charge in [0, 0.05) is 18.9 Å². The Hall–Kier alpha value is -2.07. The van der Waals surface area contributed by atoms with Gasteiger partial charge in [-0.3, -0.25) is 0 Å². The van der Waals surface area contributed by atoms with Crippen LogP contribution in [0.25, 0.3) is 6.08 Å². The molecule has 4 nitrogen and oxygen atoms in total. The third-order valence-corrected chi connectivity index (χ3v) is 2.79. The molecule has 0 aromatic heterocycles. The lowest BCUT2D eigenvalue weighted by Gasteiger charge is -2.29. The van der Waals surface area contributed by atoms with E-state index in [1.165, 1.54) is 19.9 Å². The molecule has 2 rings (SSSR count). The number of rotatable bonds is 2. The average Bonchev–Trinajstić information content (AvgIpc) is 2.33. The molecule has 1 heterocycles. The maximum absolute atomic E-state index is 11.7. The Kier molecular flexibility index (Phi) is 3.95. The second-order valence-electron chi connectivity index (χ2n) is 4.67. The fourth-order valence-corrected chi connectivity index (χ4v) is 1.75. The summed E-state index contributed by atoms with van der Waals surface area (Å²) in [5.41, 5.74) is 0.763. The second-order valence-corrected chi connectivity index (χ2v) is 5.11. The van der Waals surface area contributed by atoms with Gasteiger partial charge < -0.3 is 9.47 Å². The van der Waals surface area contributed by atoms with E-state index in [-0.39, 0.29) is 5.57 Å². The van der Waals surface area contributed by atoms with Crippen LogP contribution in [0.1, 0.15) is 19.4 Å². The highest BCUT2D eigenvalue weighted by Crippen LogP contribution is 2.22. The third kappa shape index (κ3) is 3.48. The van der Waals surface area contributed by atoms with Crippen molar-refractivity contribution in [1.82, 2.24) is 0 Å². The van der Waals surface area contributed by atoms with Gasteiger partial charge in [-0.25, -0.2) is 9.59 Å². The van der Waals surface area contributed by atoms with Gasteiger partial charge in [0.05, 0.1) is 0 Å². The minimum Gasteiger partial charge on any atom is -0.419 e. The molecule has 0 bridgehead atoms. The summed E-state index contributed by atoms with van der Waals surface area (Å²) < 4.78 is 9.95. The van der Waals surface area contributed by atoms with Crippen molar-refractivity contribution in [2.24, 2.45) is 0 Å². The van der Waals surface area contributed by atoms with Crippen LogP contribution in [0, 0.1) is 0 Å². The van der Waals surface area contributed by atoms with E-state index in [0.717, 1.165) is 5.56 Å². The zero-order chi connectivity index (χ0) is 14.8. The van der Waals surface area contributed by atoms with Crippen molar-refractivity contribution in [2.75, 3.05) is 0 Å². The third-order valence-electron chi connectivity index (χ3n) is 2.54. The zero-order valence-corrected chi connectivity index (χ0v) is 11.8. The fourth-order valence-electron chi connectivity index (χ4n) is 1.63. The van der Waals surface area contributed by atoms with E-state index in [1.807, 2.05) is 12.1 Å². The Morgan fingerprint density at radius 3 is 2.15 bits per heavy atom. The van der Waals surface area contributed by atoms with E-state index < -0.39 is 17.7 Å². The first-order valence-corrected chi connectivity index (χ1v) is 6.36. The van der Waals surface area contributed by atoms with Crippen LogP contribution >= 0.6 is 11.6 Å². The predicted molar refractivity (Wildman–Crippen MR) is 74.8 cm³/mol. The Morgan fingerprint density at radius 1 is 1.05 bits per heavy atom. The number of esters is 2. The lowest BCUT2D eigenvalue weighted by molar-refractivity contribution is -0.222. The molecule has 0 N–H and O–H groups in total. The number of halogens is 1. The molecule has 1 aliphatic heterocycles. The topological polar surface area (TPSA) is 52.6 Å². The van der Waals surface area contributed by atoms with Crippen molar-refractivity contribution < 1.29 is 19.1 Å². The fraction of sp³-hybridized carbons (Fsp3) is 0.200. The number of cyclic esters (lactones) is 2. The van der Waals surface area contributed by atoms with Crippen LogP contribution < -0.4 is 0 Å². The van der Waals surface area contributed by atoms with Gasteiger partial charge >= 0.3 is 11.9 Å². The van der Waals surface area contributed by atoms with Gasteiger partial charge in [-0.2, -0.15) is 0 Å². The molecule has 0 atom stereocenters. The minimum absolute atomic E-state index is 0.130. The molecular weight excluding hydrogens is 280 g/mol. The first-order valence-electron chi connectivity index (χ1n) is 5.98. The Labute approximate surface area is 121 Å². The summed E-state index contributed by atoms with van der Waals surface area (Å²) >= 11 is 5.77. The van der Waals surface area contributed by atoms with Crippen molar-refractivity contribution >= 4 is 29.6 Å².